The second-order valence-corrected chi connectivity index (χ2v) is 6.06. The lowest BCUT2D eigenvalue weighted by Crippen LogP contribution is -2.10. The van der Waals surface area contributed by atoms with E-state index in [1.54, 1.807) is 11.3 Å². The summed E-state index contributed by atoms with van der Waals surface area (Å²) in [6.45, 7) is 2.16. The van der Waals surface area contributed by atoms with Crippen molar-refractivity contribution in [1.29, 1.82) is 5.41 Å². The fourth-order valence-corrected chi connectivity index (χ4v) is 3.14. The summed E-state index contributed by atoms with van der Waals surface area (Å²) < 4.78 is 0. The number of aliphatic hydroxyl groups is 1. The summed E-state index contributed by atoms with van der Waals surface area (Å²) in [6, 6.07) is 15.6. The van der Waals surface area contributed by atoms with Gasteiger partial charge in [-0.05, 0) is 12.0 Å². The predicted molar refractivity (Wildman–Crippen MR) is 102 cm³/mol. The van der Waals surface area contributed by atoms with Gasteiger partial charge in [0.2, 0.25) is 0 Å². The number of carbonyl (C=O) groups is 1. The average Bonchev–Trinajstić information content (AvgIpc) is 3.14. The molecule has 0 aliphatic rings. The number of hydrogen-bond donors (Lipinski definition) is 3. The van der Waals surface area contributed by atoms with Crippen LogP contribution in [-0.2, 0) is 11.2 Å². The monoisotopic (exact) mass is 353 g/mol. The van der Waals surface area contributed by atoms with Crippen LogP contribution in [0.15, 0.2) is 53.9 Å². The normalized spacial score (nSPS) is 9.96. The van der Waals surface area contributed by atoms with Crippen LogP contribution in [0.1, 0.15) is 11.1 Å². The second kappa shape index (κ2) is 8.86. The van der Waals surface area contributed by atoms with Crippen molar-refractivity contribution in [3.8, 4) is 21.8 Å². The Balaban J connectivity index is 0.00000109. The van der Waals surface area contributed by atoms with Crippen molar-refractivity contribution in [2.75, 3.05) is 6.61 Å². The van der Waals surface area contributed by atoms with Gasteiger partial charge in [-0.1, -0.05) is 48.5 Å². The molecule has 128 valence electrons. The molecule has 25 heavy (non-hydrogen) atoms. The lowest BCUT2D eigenvalue weighted by atomic mass is 10.1. The number of rotatable bonds is 5. The van der Waals surface area contributed by atoms with E-state index in [1.807, 2.05) is 60.7 Å². The molecule has 6 heteroatoms. The van der Waals surface area contributed by atoms with Crippen LogP contribution >= 0.6 is 11.3 Å². The summed E-state index contributed by atoms with van der Waals surface area (Å²) in [6.07, 6.45) is 0.673. The minimum Gasteiger partial charge on any atom is -0.396 e. The molecule has 0 radical (unpaired) electrons. The van der Waals surface area contributed by atoms with Gasteiger partial charge in [-0.3, -0.25) is 5.41 Å². The van der Waals surface area contributed by atoms with Crippen LogP contribution in [0.4, 0.5) is 0 Å². The number of aliphatic hydroxyl groups excluding tert-OH is 1. The van der Waals surface area contributed by atoms with E-state index in [-0.39, 0.29) is 12.4 Å². The zero-order valence-corrected chi connectivity index (χ0v) is 14.4. The highest BCUT2D eigenvalue weighted by atomic mass is 32.1. The standard InChI is InChI=1S/C18H17N3OS.CH2O/c19-17(20)14-7-5-13(6-8-14)16-11-23-18(21-16)15-3-1-12(2-4-15)9-10-22;1-2/h1-8,11,22H,9-10H2,(H3,19,20);1H2. The van der Waals surface area contributed by atoms with Gasteiger partial charge in [0.15, 0.2) is 0 Å². The number of aromatic nitrogens is 1. The molecule has 4 N–H and O–H groups in total. The topological polar surface area (TPSA) is 100 Å². The van der Waals surface area contributed by atoms with Crippen molar-refractivity contribution in [1.82, 2.24) is 4.98 Å². The molecule has 0 atom stereocenters. The van der Waals surface area contributed by atoms with Gasteiger partial charge in [-0.25, -0.2) is 4.98 Å². The molecule has 0 bridgehead atoms. The molecule has 1 heterocycles. The molecule has 3 aromatic rings. The Hall–Kier alpha value is -2.83. The number of carbonyl (C=O) groups excluding carboxylic acids is 1. The van der Waals surface area contributed by atoms with Gasteiger partial charge < -0.3 is 15.6 Å². The first-order valence-corrected chi connectivity index (χ1v) is 8.45. The van der Waals surface area contributed by atoms with E-state index >= 15 is 0 Å². The van der Waals surface area contributed by atoms with Crippen molar-refractivity contribution < 1.29 is 9.90 Å². The number of thiazole rings is 1. The quantitative estimate of drug-likeness (QED) is 0.485. The highest BCUT2D eigenvalue weighted by molar-refractivity contribution is 7.13. The first-order valence-electron chi connectivity index (χ1n) is 7.57. The molecule has 0 saturated carbocycles. The van der Waals surface area contributed by atoms with Gasteiger partial charge >= 0.3 is 0 Å². The number of nitrogens with one attached hydrogen (secondary N) is 1. The second-order valence-electron chi connectivity index (χ2n) is 5.20. The molecular weight excluding hydrogens is 334 g/mol. The molecule has 0 amide bonds. The van der Waals surface area contributed by atoms with Crippen molar-refractivity contribution in [3.63, 3.8) is 0 Å². The van der Waals surface area contributed by atoms with Crippen LogP contribution in [0.3, 0.4) is 0 Å². The van der Waals surface area contributed by atoms with Gasteiger partial charge in [0.05, 0.1) is 5.69 Å². The third kappa shape index (κ3) is 4.59. The van der Waals surface area contributed by atoms with Crippen molar-refractivity contribution in [3.05, 3.63) is 65.0 Å². The van der Waals surface area contributed by atoms with Crippen LogP contribution in [-0.4, -0.2) is 29.3 Å². The van der Waals surface area contributed by atoms with Crippen LogP contribution in [0, 0.1) is 5.41 Å². The molecule has 0 spiro atoms. The number of nitrogens with zero attached hydrogens (tertiary/aromatic N) is 1. The van der Waals surface area contributed by atoms with E-state index < -0.39 is 0 Å². The Morgan fingerprint density at radius 3 is 2.24 bits per heavy atom. The van der Waals surface area contributed by atoms with E-state index in [0.717, 1.165) is 27.4 Å². The smallest absolute Gasteiger partial charge is 0.124 e. The lowest BCUT2D eigenvalue weighted by molar-refractivity contribution is -0.0979. The fourth-order valence-electron chi connectivity index (χ4n) is 2.30. The van der Waals surface area contributed by atoms with Crippen LogP contribution in [0.2, 0.25) is 0 Å². The molecule has 2 aromatic carbocycles. The zero-order valence-electron chi connectivity index (χ0n) is 13.6. The molecule has 5 nitrogen and oxygen atoms in total. The van der Waals surface area contributed by atoms with Crippen LogP contribution < -0.4 is 5.73 Å². The van der Waals surface area contributed by atoms with E-state index in [4.69, 9.17) is 21.0 Å². The maximum absolute atomic E-state index is 8.96. The average molecular weight is 353 g/mol. The lowest BCUT2D eigenvalue weighted by Gasteiger charge is -2.01. The van der Waals surface area contributed by atoms with E-state index in [1.165, 1.54) is 0 Å². The summed E-state index contributed by atoms with van der Waals surface area (Å²) in [5, 5.41) is 19.4. The van der Waals surface area contributed by atoms with Gasteiger partial charge in [0.1, 0.15) is 17.6 Å². The Bertz CT molecular complexity index is 827. The summed E-state index contributed by atoms with van der Waals surface area (Å²) >= 11 is 1.60. The number of amidine groups is 1. The third-order valence-electron chi connectivity index (χ3n) is 3.60. The number of nitrogens with two attached hydrogens (primary N) is 1. The van der Waals surface area contributed by atoms with Crippen LogP contribution in [0.5, 0.6) is 0 Å². The molecule has 1 aromatic heterocycles. The van der Waals surface area contributed by atoms with E-state index in [0.29, 0.717) is 12.0 Å². The Morgan fingerprint density at radius 2 is 1.68 bits per heavy atom. The molecule has 0 fully saturated rings. The SMILES string of the molecule is C=O.N=C(N)c1ccc(-c2csc(-c3ccc(CCO)cc3)n2)cc1. The molecule has 0 saturated heterocycles. The Kier molecular flexibility index (Phi) is 6.56. The maximum Gasteiger partial charge on any atom is 0.124 e. The van der Waals surface area contributed by atoms with Crippen LogP contribution in [0.25, 0.3) is 21.8 Å². The van der Waals surface area contributed by atoms with Gasteiger partial charge in [-0.15, -0.1) is 11.3 Å². The maximum atomic E-state index is 8.96. The number of nitrogen functional groups attached to an aromatic ring is 1. The Morgan fingerprint density at radius 1 is 1.08 bits per heavy atom. The Labute approximate surface area is 150 Å². The zero-order chi connectivity index (χ0) is 18.2. The highest BCUT2D eigenvalue weighted by Gasteiger charge is 2.07. The predicted octanol–water partition coefficient (Wildman–Crippen LogP) is 3.11. The molecule has 0 aliphatic carbocycles. The minimum absolute atomic E-state index is 0.0680. The summed E-state index contributed by atoms with van der Waals surface area (Å²) in [7, 11) is 0. The van der Waals surface area contributed by atoms with E-state index in [9.17, 15) is 0 Å². The first kappa shape index (κ1) is 18.5. The molecular formula is C19H19N3O2S. The van der Waals surface area contributed by atoms with Crippen molar-refractivity contribution in [2.45, 2.75) is 6.42 Å². The van der Waals surface area contributed by atoms with Gasteiger partial charge in [0, 0.05) is 28.7 Å². The van der Waals surface area contributed by atoms with Gasteiger partial charge in [0.25, 0.3) is 0 Å². The number of benzene rings is 2. The summed E-state index contributed by atoms with van der Waals surface area (Å²) in [5.74, 6) is 0.0680. The molecule has 0 aliphatic heterocycles. The summed E-state index contributed by atoms with van der Waals surface area (Å²) in [4.78, 5) is 12.7. The van der Waals surface area contributed by atoms with E-state index in [2.05, 4.69) is 4.98 Å². The summed E-state index contributed by atoms with van der Waals surface area (Å²) in [5.41, 5.74) is 10.3. The first-order chi connectivity index (χ1) is 12.2. The fraction of sp³-hybridized carbons (Fsp3) is 0.105. The molecule has 0 unspecified atom stereocenters. The molecule has 3 rings (SSSR count). The third-order valence-corrected chi connectivity index (χ3v) is 4.49. The van der Waals surface area contributed by atoms with Crippen molar-refractivity contribution >= 4 is 24.0 Å². The highest BCUT2D eigenvalue weighted by Crippen LogP contribution is 2.29. The minimum atomic E-state index is 0.0680. The number of hydrogen-bond acceptors (Lipinski definition) is 5. The van der Waals surface area contributed by atoms with Crippen molar-refractivity contribution in [2.24, 2.45) is 5.73 Å². The van der Waals surface area contributed by atoms with Gasteiger partial charge in [-0.2, -0.15) is 0 Å². The largest absolute Gasteiger partial charge is 0.396 e.